The Balaban J connectivity index is 2.82. The molecule has 0 aliphatic heterocycles. The average Bonchev–Trinajstić information content (AvgIpc) is 2.07. The molecule has 0 N–H and O–H groups in total. The first-order valence-corrected chi connectivity index (χ1v) is 3.88. The van der Waals surface area contributed by atoms with E-state index in [-0.39, 0.29) is 0 Å². The molecule has 0 aromatic heterocycles. The van der Waals surface area contributed by atoms with Crippen LogP contribution in [-0.2, 0) is 6.42 Å². The summed E-state index contributed by atoms with van der Waals surface area (Å²) in [6.07, 6.45) is 2.96. The topological polar surface area (TPSA) is 12.4 Å². The molecule has 1 heteroatoms. The maximum atomic E-state index is 3.94. The van der Waals surface area contributed by atoms with Gasteiger partial charge < -0.3 is 0 Å². The first kappa shape index (κ1) is 7.99. The Morgan fingerprint density at radius 1 is 1.27 bits per heavy atom. The second kappa shape index (κ2) is 3.91. The van der Waals surface area contributed by atoms with E-state index in [9.17, 15) is 0 Å². The van der Waals surface area contributed by atoms with E-state index in [1.807, 2.05) is 6.21 Å². The van der Waals surface area contributed by atoms with Gasteiger partial charge in [0.25, 0.3) is 0 Å². The number of aliphatic imine (C=N–C) groups is 1. The second-order valence-electron chi connectivity index (χ2n) is 2.48. The van der Waals surface area contributed by atoms with Crippen molar-refractivity contribution in [3.8, 4) is 0 Å². The minimum Gasteiger partial charge on any atom is -0.296 e. The molecule has 58 valence electrons. The van der Waals surface area contributed by atoms with Gasteiger partial charge in [-0.25, -0.2) is 0 Å². The molecule has 0 heterocycles. The van der Waals surface area contributed by atoms with Crippen LogP contribution in [0.1, 0.15) is 18.1 Å². The Bertz CT molecular complexity index is 234. The van der Waals surface area contributed by atoms with Gasteiger partial charge in [0.15, 0.2) is 0 Å². The molecule has 1 aromatic rings. The fraction of sp³-hybridized carbons (Fsp3) is 0.300. The van der Waals surface area contributed by atoms with Gasteiger partial charge >= 0.3 is 0 Å². The van der Waals surface area contributed by atoms with E-state index in [1.165, 1.54) is 11.1 Å². The van der Waals surface area contributed by atoms with Crippen molar-refractivity contribution in [3.63, 3.8) is 0 Å². The third kappa shape index (κ3) is 2.19. The molecule has 1 nitrogen and oxygen atoms in total. The lowest BCUT2D eigenvalue weighted by atomic mass is 10.1. The molecule has 0 saturated heterocycles. The molecule has 11 heavy (non-hydrogen) atoms. The van der Waals surface area contributed by atoms with Crippen molar-refractivity contribution in [3.05, 3.63) is 35.4 Å². The lowest BCUT2D eigenvalue weighted by Crippen LogP contribution is -1.82. The molecule has 0 aliphatic carbocycles. The normalized spacial score (nSPS) is 10.7. The predicted octanol–water partition coefficient (Wildman–Crippen LogP) is 2.30. The Labute approximate surface area is 67.8 Å². The van der Waals surface area contributed by atoms with Crippen molar-refractivity contribution in [2.45, 2.75) is 13.3 Å². The smallest absolute Gasteiger partial charge is 0.0281 e. The zero-order valence-electron chi connectivity index (χ0n) is 7.04. The second-order valence-corrected chi connectivity index (χ2v) is 2.48. The molecule has 0 spiro atoms. The van der Waals surface area contributed by atoms with Crippen LogP contribution in [0.2, 0.25) is 0 Å². The van der Waals surface area contributed by atoms with Crippen LogP contribution >= 0.6 is 0 Å². The summed E-state index contributed by atoms with van der Waals surface area (Å²) in [4.78, 5) is 3.94. The minimum atomic E-state index is 1.10. The maximum Gasteiger partial charge on any atom is 0.0281 e. The van der Waals surface area contributed by atoms with Crippen LogP contribution in [0.15, 0.2) is 29.3 Å². The monoisotopic (exact) mass is 147 g/mol. The molecule has 0 saturated carbocycles. The van der Waals surface area contributed by atoms with E-state index >= 15 is 0 Å². The van der Waals surface area contributed by atoms with E-state index in [1.54, 1.807) is 7.05 Å². The first-order chi connectivity index (χ1) is 5.36. The molecule has 0 fully saturated rings. The van der Waals surface area contributed by atoms with Gasteiger partial charge in [0.05, 0.1) is 0 Å². The van der Waals surface area contributed by atoms with Crippen LogP contribution in [0, 0.1) is 0 Å². The number of rotatable bonds is 2. The molecular formula is C10H13N. The zero-order chi connectivity index (χ0) is 8.10. The molecule has 0 amide bonds. The van der Waals surface area contributed by atoms with Gasteiger partial charge in [-0.1, -0.05) is 31.2 Å². The van der Waals surface area contributed by atoms with Gasteiger partial charge in [-0.3, -0.25) is 4.99 Å². The van der Waals surface area contributed by atoms with Crippen molar-refractivity contribution >= 4 is 6.21 Å². The van der Waals surface area contributed by atoms with Gasteiger partial charge in [0, 0.05) is 13.3 Å². The van der Waals surface area contributed by atoms with Crippen LogP contribution in [0.3, 0.4) is 0 Å². The lowest BCUT2D eigenvalue weighted by molar-refractivity contribution is 1.14. The SMILES string of the molecule is CCc1ccc(C=NC)cc1. The number of benzene rings is 1. The number of hydrogen-bond acceptors (Lipinski definition) is 1. The molecule has 0 atom stereocenters. The van der Waals surface area contributed by atoms with Gasteiger partial charge in [-0.05, 0) is 17.5 Å². The fourth-order valence-electron chi connectivity index (χ4n) is 0.988. The van der Waals surface area contributed by atoms with Crippen molar-refractivity contribution in [1.82, 2.24) is 0 Å². The summed E-state index contributed by atoms with van der Waals surface area (Å²) in [6.45, 7) is 2.16. The van der Waals surface area contributed by atoms with E-state index in [2.05, 4.69) is 36.2 Å². The molecule has 0 unspecified atom stereocenters. The number of aryl methyl sites for hydroxylation is 1. The molecule has 0 bridgehead atoms. The summed E-state index contributed by atoms with van der Waals surface area (Å²) >= 11 is 0. The Morgan fingerprint density at radius 2 is 1.91 bits per heavy atom. The highest BCUT2D eigenvalue weighted by atomic mass is 14.6. The van der Waals surface area contributed by atoms with Gasteiger partial charge in [-0.15, -0.1) is 0 Å². The number of hydrogen-bond donors (Lipinski definition) is 0. The zero-order valence-corrected chi connectivity index (χ0v) is 7.04. The summed E-state index contributed by atoms with van der Waals surface area (Å²) < 4.78 is 0. The first-order valence-electron chi connectivity index (χ1n) is 3.88. The average molecular weight is 147 g/mol. The molecule has 1 rings (SSSR count). The Kier molecular flexibility index (Phi) is 2.84. The van der Waals surface area contributed by atoms with Crippen LogP contribution in [0.25, 0.3) is 0 Å². The summed E-state index contributed by atoms with van der Waals surface area (Å²) in [5.74, 6) is 0. The standard InChI is InChI=1S/C10H13N/c1-3-9-4-6-10(7-5-9)8-11-2/h4-8H,3H2,1-2H3. The van der Waals surface area contributed by atoms with Crippen LogP contribution in [-0.4, -0.2) is 13.3 Å². The predicted molar refractivity (Wildman–Crippen MR) is 49.3 cm³/mol. The molecule has 1 aromatic carbocycles. The van der Waals surface area contributed by atoms with Crippen molar-refractivity contribution in [2.24, 2.45) is 4.99 Å². The van der Waals surface area contributed by atoms with Crippen molar-refractivity contribution < 1.29 is 0 Å². The van der Waals surface area contributed by atoms with Gasteiger partial charge in [0.1, 0.15) is 0 Å². The van der Waals surface area contributed by atoms with Crippen molar-refractivity contribution in [1.29, 1.82) is 0 Å². The lowest BCUT2D eigenvalue weighted by Gasteiger charge is -1.95. The quantitative estimate of drug-likeness (QED) is 0.569. The van der Waals surface area contributed by atoms with Crippen molar-refractivity contribution in [2.75, 3.05) is 7.05 Å². The minimum absolute atomic E-state index is 1.10. The maximum absolute atomic E-state index is 3.94. The Morgan fingerprint density at radius 3 is 2.36 bits per heavy atom. The highest BCUT2D eigenvalue weighted by molar-refractivity contribution is 5.79. The molecule has 0 radical (unpaired) electrons. The van der Waals surface area contributed by atoms with Crippen LogP contribution in [0.4, 0.5) is 0 Å². The van der Waals surface area contributed by atoms with E-state index in [4.69, 9.17) is 0 Å². The molecular weight excluding hydrogens is 134 g/mol. The van der Waals surface area contributed by atoms with E-state index < -0.39 is 0 Å². The van der Waals surface area contributed by atoms with Crippen LogP contribution in [0.5, 0.6) is 0 Å². The van der Waals surface area contributed by atoms with Gasteiger partial charge in [0.2, 0.25) is 0 Å². The summed E-state index contributed by atoms with van der Waals surface area (Å²) in [5, 5.41) is 0. The van der Waals surface area contributed by atoms with E-state index in [0.29, 0.717) is 0 Å². The number of nitrogens with zero attached hydrogens (tertiary/aromatic N) is 1. The third-order valence-electron chi connectivity index (χ3n) is 1.67. The summed E-state index contributed by atoms with van der Waals surface area (Å²) in [6, 6.07) is 8.45. The van der Waals surface area contributed by atoms with Crippen LogP contribution < -0.4 is 0 Å². The largest absolute Gasteiger partial charge is 0.296 e. The van der Waals surface area contributed by atoms with Gasteiger partial charge in [-0.2, -0.15) is 0 Å². The summed E-state index contributed by atoms with van der Waals surface area (Å²) in [7, 11) is 1.79. The highest BCUT2D eigenvalue weighted by Gasteiger charge is 1.87. The third-order valence-corrected chi connectivity index (χ3v) is 1.67. The van der Waals surface area contributed by atoms with E-state index in [0.717, 1.165) is 6.42 Å². The molecule has 0 aliphatic rings. The highest BCUT2D eigenvalue weighted by Crippen LogP contribution is 2.02. The fourth-order valence-corrected chi connectivity index (χ4v) is 0.988. The Hall–Kier alpha value is -1.11. The summed E-state index contributed by atoms with van der Waals surface area (Å²) in [5.41, 5.74) is 2.54.